The molecule has 0 heterocycles. The fourth-order valence-corrected chi connectivity index (χ4v) is 2.35. The van der Waals surface area contributed by atoms with Crippen LogP contribution in [0.4, 0.5) is 0 Å². The molecular weight excluding hydrogens is 290 g/mol. The van der Waals surface area contributed by atoms with E-state index in [-0.39, 0.29) is 12.8 Å². The van der Waals surface area contributed by atoms with Gasteiger partial charge in [-0.1, -0.05) is 18.5 Å². The molecule has 2 rings (SSSR count). The number of benzene rings is 1. The van der Waals surface area contributed by atoms with Gasteiger partial charge in [-0.2, -0.15) is 0 Å². The molecule has 0 aliphatic heterocycles. The van der Waals surface area contributed by atoms with Crippen molar-refractivity contribution in [2.24, 2.45) is 11.7 Å². The van der Waals surface area contributed by atoms with E-state index < -0.39 is 0 Å². The summed E-state index contributed by atoms with van der Waals surface area (Å²) in [6, 6.07) is 3.71. The van der Waals surface area contributed by atoms with E-state index >= 15 is 0 Å². The van der Waals surface area contributed by atoms with Crippen molar-refractivity contribution in [1.29, 1.82) is 0 Å². The van der Waals surface area contributed by atoms with Crippen LogP contribution in [0, 0.1) is 5.92 Å². The van der Waals surface area contributed by atoms with E-state index in [2.05, 4.69) is 6.92 Å². The first-order valence-electron chi connectivity index (χ1n) is 7.46. The maximum absolute atomic E-state index is 6.13. The molecule has 118 valence electrons. The average molecular weight is 314 g/mol. The van der Waals surface area contributed by atoms with Gasteiger partial charge in [0.05, 0.1) is 13.7 Å². The first kappa shape index (κ1) is 16.4. The highest BCUT2D eigenvalue weighted by Crippen LogP contribution is 2.36. The van der Waals surface area contributed by atoms with Crippen molar-refractivity contribution in [3.05, 3.63) is 22.7 Å². The zero-order valence-corrected chi connectivity index (χ0v) is 13.5. The van der Waals surface area contributed by atoms with Crippen LogP contribution in [-0.2, 0) is 11.2 Å². The van der Waals surface area contributed by atoms with E-state index in [9.17, 15) is 0 Å². The standard InChI is InChI=1S/C16H24ClNO3/c1-3-14(18)7-12-6-13(17)8-15(19-2)16(12)21-10-20-9-11-4-5-11/h6,8,11,14H,3-5,7,9-10,18H2,1-2H3. The van der Waals surface area contributed by atoms with Crippen molar-refractivity contribution in [2.75, 3.05) is 20.5 Å². The number of ether oxygens (including phenoxy) is 3. The van der Waals surface area contributed by atoms with E-state index in [4.69, 9.17) is 31.5 Å². The highest BCUT2D eigenvalue weighted by Gasteiger charge is 2.21. The average Bonchev–Trinajstić information content (AvgIpc) is 3.28. The van der Waals surface area contributed by atoms with Crippen LogP contribution in [0.5, 0.6) is 11.5 Å². The molecule has 5 heteroatoms. The lowest BCUT2D eigenvalue weighted by molar-refractivity contribution is 0.00808. The molecule has 0 spiro atoms. The molecule has 21 heavy (non-hydrogen) atoms. The molecule has 0 amide bonds. The molecule has 1 atom stereocenters. The van der Waals surface area contributed by atoms with Gasteiger partial charge in [0.2, 0.25) is 0 Å². The summed E-state index contributed by atoms with van der Waals surface area (Å²) in [6.45, 7) is 3.05. The van der Waals surface area contributed by atoms with Gasteiger partial charge in [0.25, 0.3) is 0 Å². The molecule has 1 fully saturated rings. The molecule has 1 aliphatic carbocycles. The molecule has 0 saturated heterocycles. The first-order chi connectivity index (χ1) is 10.1. The van der Waals surface area contributed by atoms with Gasteiger partial charge in [-0.3, -0.25) is 0 Å². The van der Waals surface area contributed by atoms with Gasteiger partial charge in [-0.15, -0.1) is 0 Å². The summed E-state index contributed by atoms with van der Waals surface area (Å²) in [5.74, 6) is 2.02. The van der Waals surface area contributed by atoms with Crippen LogP contribution in [0.2, 0.25) is 5.02 Å². The van der Waals surface area contributed by atoms with Crippen molar-refractivity contribution in [3.8, 4) is 11.5 Å². The second-order valence-corrected chi connectivity index (χ2v) is 5.98. The van der Waals surface area contributed by atoms with Crippen LogP contribution < -0.4 is 15.2 Å². The van der Waals surface area contributed by atoms with E-state index in [0.717, 1.165) is 18.6 Å². The van der Waals surface area contributed by atoms with E-state index in [1.165, 1.54) is 12.8 Å². The Hall–Kier alpha value is -0.970. The third-order valence-corrected chi connectivity index (χ3v) is 3.88. The number of rotatable bonds is 9. The first-order valence-corrected chi connectivity index (χ1v) is 7.84. The van der Waals surface area contributed by atoms with Gasteiger partial charge in [-0.25, -0.2) is 0 Å². The molecule has 0 aromatic heterocycles. The number of hydrogen-bond acceptors (Lipinski definition) is 4. The van der Waals surface area contributed by atoms with Gasteiger partial charge in [0.15, 0.2) is 18.3 Å². The van der Waals surface area contributed by atoms with Crippen LogP contribution in [-0.4, -0.2) is 26.6 Å². The highest BCUT2D eigenvalue weighted by atomic mass is 35.5. The molecule has 1 aromatic carbocycles. The third-order valence-electron chi connectivity index (χ3n) is 3.66. The monoisotopic (exact) mass is 313 g/mol. The summed E-state index contributed by atoms with van der Waals surface area (Å²) in [6.07, 6.45) is 4.12. The van der Waals surface area contributed by atoms with E-state index in [1.807, 2.05) is 6.07 Å². The highest BCUT2D eigenvalue weighted by molar-refractivity contribution is 6.30. The van der Waals surface area contributed by atoms with E-state index in [1.54, 1.807) is 13.2 Å². The van der Waals surface area contributed by atoms with Gasteiger partial charge >= 0.3 is 0 Å². The Bertz CT molecular complexity index is 463. The van der Waals surface area contributed by atoms with Crippen LogP contribution in [0.1, 0.15) is 31.7 Å². The SMILES string of the molecule is CCC(N)Cc1cc(Cl)cc(OC)c1OCOCC1CC1. The molecule has 0 radical (unpaired) electrons. The van der Waals surface area contributed by atoms with Crippen LogP contribution in [0.25, 0.3) is 0 Å². The Morgan fingerprint density at radius 3 is 2.76 bits per heavy atom. The predicted octanol–water partition coefficient (Wildman–Crippen LogP) is 3.39. The van der Waals surface area contributed by atoms with E-state index in [0.29, 0.717) is 28.9 Å². The minimum absolute atomic E-state index is 0.0721. The van der Waals surface area contributed by atoms with Gasteiger partial charge in [-0.05, 0) is 37.7 Å². The zero-order valence-electron chi connectivity index (χ0n) is 12.7. The maximum Gasteiger partial charge on any atom is 0.189 e. The summed E-state index contributed by atoms with van der Waals surface area (Å²) < 4.78 is 16.7. The molecule has 2 N–H and O–H groups in total. The van der Waals surface area contributed by atoms with Crippen molar-refractivity contribution in [2.45, 2.75) is 38.6 Å². The van der Waals surface area contributed by atoms with Crippen molar-refractivity contribution >= 4 is 11.6 Å². The van der Waals surface area contributed by atoms with Crippen LogP contribution >= 0.6 is 11.6 Å². The summed E-state index contributed by atoms with van der Waals surface area (Å²) in [7, 11) is 1.60. The van der Waals surface area contributed by atoms with Crippen molar-refractivity contribution in [3.63, 3.8) is 0 Å². The fourth-order valence-electron chi connectivity index (χ4n) is 2.12. The van der Waals surface area contributed by atoms with Crippen molar-refractivity contribution < 1.29 is 14.2 Å². The lowest BCUT2D eigenvalue weighted by Crippen LogP contribution is -2.22. The second kappa shape index (κ2) is 7.87. The molecular formula is C16H24ClNO3. The number of methoxy groups -OCH3 is 1. The zero-order chi connectivity index (χ0) is 15.2. The van der Waals surface area contributed by atoms with Gasteiger partial charge < -0.3 is 19.9 Å². The summed E-state index contributed by atoms with van der Waals surface area (Å²) in [4.78, 5) is 0. The number of halogens is 1. The Morgan fingerprint density at radius 2 is 2.14 bits per heavy atom. The molecule has 1 unspecified atom stereocenters. The van der Waals surface area contributed by atoms with Gasteiger partial charge in [0, 0.05) is 22.7 Å². The summed E-state index contributed by atoms with van der Waals surface area (Å²) >= 11 is 6.13. The van der Waals surface area contributed by atoms with Crippen molar-refractivity contribution in [1.82, 2.24) is 0 Å². The molecule has 4 nitrogen and oxygen atoms in total. The maximum atomic E-state index is 6.13. The smallest absolute Gasteiger partial charge is 0.189 e. The largest absolute Gasteiger partial charge is 0.493 e. The minimum Gasteiger partial charge on any atom is -0.493 e. The lowest BCUT2D eigenvalue weighted by atomic mass is 10.0. The predicted molar refractivity (Wildman–Crippen MR) is 84.1 cm³/mol. The fraction of sp³-hybridized carbons (Fsp3) is 0.625. The third kappa shape index (κ3) is 5.06. The minimum atomic E-state index is 0.0721. The molecule has 1 aliphatic rings. The number of nitrogens with two attached hydrogens (primary N) is 1. The quantitative estimate of drug-likeness (QED) is 0.561. The summed E-state index contributed by atoms with van der Waals surface area (Å²) in [5.41, 5.74) is 7.01. The number of hydrogen-bond donors (Lipinski definition) is 1. The lowest BCUT2D eigenvalue weighted by Gasteiger charge is -2.17. The van der Waals surface area contributed by atoms with Crippen LogP contribution in [0.15, 0.2) is 12.1 Å². The Morgan fingerprint density at radius 1 is 1.38 bits per heavy atom. The topological polar surface area (TPSA) is 53.7 Å². The normalized spacial score (nSPS) is 15.8. The molecule has 1 saturated carbocycles. The molecule has 1 aromatic rings. The Labute approximate surface area is 131 Å². The van der Waals surface area contributed by atoms with Crippen LogP contribution in [0.3, 0.4) is 0 Å². The van der Waals surface area contributed by atoms with Gasteiger partial charge in [0.1, 0.15) is 0 Å². The molecule has 0 bridgehead atoms. The summed E-state index contributed by atoms with van der Waals surface area (Å²) in [5, 5.41) is 0.622. The Kier molecular flexibility index (Phi) is 6.15. The second-order valence-electron chi connectivity index (χ2n) is 5.55. The Balaban J connectivity index is 2.05.